The minimum absolute atomic E-state index is 0.0763. The average molecular weight is 344 g/mol. The number of nitrogens with zero attached hydrogens (tertiary/aromatic N) is 3. The molecule has 25 heavy (non-hydrogen) atoms. The number of nitrogens with one attached hydrogen (secondary N) is 1. The van der Waals surface area contributed by atoms with Crippen molar-refractivity contribution >= 4 is 5.91 Å². The second kappa shape index (κ2) is 7.78. The van der Waals surface area contributed by atoms with E-state index in [9.17, 15) is 9.18 Å². The maximum absolute atomic E-state index is 14.1. The van der Waals surface area contributed by atoms with E-state index in [1.807, 2.05) is 4.90 Å². The third kappa shape index (κ3) is 3.90. The van der Waals surface area contributed by atoms with Crippen LogP contribution >= 0.6 is 0 Å². The largest absolute Gasteiger partial charge is 0.338 e. The molecule has 0 saturated carbocycles. The Morgan fingerprint density at radius 3 is 3.00 bits per heavy atom. The van der Waals surface area contributed by atoms with Gasteiger partial charge in [-0.15, -0.1) is 0 Å². The van der Waals surface area contributed by atoms with Crippen molar-refractivity contribution in [3.8, 4) is 11.3 Å². The second-order valence-electron chi connectivity index (χ2n) is 6.81. The van der Waals surface area contributed by atoms with Crippen molar-refractivity contribution in [3.63, 3.8) is 0 Å². The summed E-state index contributed by atoms with van der Waals surface area (Å²) in [6.45, 7) is 5.73. The Morgan fingerprint density at radius 1 is 1.44 bits per heavy atom. The molecule has 1 saturated heterocycles. The lowest BCUT2D eigenvalue weighted by molar-refractivity contribution is 0.0785. The van der Waals surface area contributed by atoms with Crippen LogP contribution in [0, 0.1) is 11.7 Å². The van der Waals surface area contributed by atoms with E-state index < -0.39 is 0 Å². The van der Waals surface area contributed by atoms with Gasteiger partial charge in [0.25, 0.3) is 5.91 Å². The van der Waals surface area contributed by atoms with E-state index >= 15 is 0 Å². The molecule has 6 heteroatoms. The van der Waals surface area contributed by atoms with E-state index in [2.05, 4.69) is 29.1 Å². The van der Waals surface area contributed by atoms with E-state index in [-0.39, 0.29) is 11.7 Å². The van der Waals surface area contributed by atoms with Gasteiger partial charge in [-0.1, -0.05) is 19.1 Å². The van der Waals surface area contributed by atoms with Crippen molar-refractivity contribution in [1.82, 2.24) is 20.0 Å². The zero-order valence-electron chi connectivity index (χ0n) is 14.8. The molecule has 1 N–H and O–H groups in total. The first-order valence-corrected chi connectivity index (χ1v) is 8.86. The number of aromatic nitrogens is 2. The molecule has 0 bridgehead atoms. The molecule has 1 atom stereocenters. The number of carbonyl (C=O) groups excluding carboxylic acids is 1. The van der Waals surface area contributed by atoms with Gasteiger partial charge in [0.1, 0.15) is 5.82 Å². The van der Waals surface area contributed by atoms with Crippen molar-refractivity contribution < 1.29 is 9.18 Å². The topological polar surface area (TPSA) is 52.2 Å². The third-order valence-corrected chi connectivity index (χ3v) is 4.76. The molecule has 1 fully saturated rings. The molecule has 0 aliphatic carbocycles. The van der Waals surface area contributed by atoms with Gasteiger partial charge in [0.2, 0.25) is 0 Å². The molecular formula is C19H25FN4O. The summed E-state index contributed by atoms with van der Waals surface area (Å²) in [6.07, 6.45) is 3.64. The summed E-state index contributed by atoms with van der Waals surface area (Å²) in [6, 6.07) is 6.43. The van der Waals surface area contributed by atoms with E-state index in [1.165, 1.54) is 12.3 Å². The van der Waals surface area contributed by atoms with Crippen LogP contribution in [0.15, 0.2) is 30.5 Å². The van der Waals surface area contributed by atoms with Crippen LogP contribution in [0.2, 0.25) is 0 Å². The first-order valence-electron chi connectivity index (χ1n) is 8.86. The van der Waals surface area contributed by atoms with Gasteiger partial charge < -0.3 is 9.80 Å². The van der Waals surface area contributed by atoms with E-state index in [4.69, 9.17) is 0 Å². The molecule has 1 aromatic heterocycles. The molecule has 0 radical (unpaired) electrons. The SMILES string of the molecule is CCCN(C)CC1CCN(C(=O)c2cn[nH]c2-c2ccccc2F)C1. The lowest BCUT2D eigenvalue weighted by Gasteiger charge is -2.21. The Bertz CT molecular complexity index is 730. The van der Waals surface area contributed by atoms with Crippen LogP contribution in [-0.2, 0) is 0 Å². The minimum atomic E-state index is -0.360. The van der Waals surface area contributed by atoms with Crippen molar-refractivity contribution in [1.29, 1.82) is 0 Å². The molecule has 134 valence electrons. The molecule has 2 heterocycles. The molecule has 1 amide bonds. The zero-order chi connectivity index (χ0) is 17.8. The fraction of sp³-hybridized carbons (Fsp3) is 0.474. The van der Waals surface area contributed by atoms with Crippen LogP contribution in [-0.4, -0.2) is 59.1 Å². The Balaban J connectivity index is 1.71. The minimum Gasteiger partial charge on any atom is -0.338 e. The third-order valence-electron chi connectivity index (χ3n) is 4.76. The summed E-state index contributed by atoms with van der Waals surface area (Å²) in [5, 5.41) is 6.76. The molecule has 3 rings (SSSR count). The number of benzene rings is 1. The molecule has 1 aliphatic rings. The predicted octanol–water partition coefficient (Wildman–Crippen LogP) is 3.02. The molecular weight excluding hydrogens is 319 g/mol. The summed E-state index contributed by atoms with van der Waals surface area (Å²) in [5.74, 6) is 0.0539. The zero-order valence-corrected chi connectivity index (χ0v) is 14.8. The number of likely N-dealkylation sites (tertiary alicyclic amines) is 1. The molecule has 5 nitrogen and oxygen atoms in total. The number of rotatable bonds is 6. The van der Waals surface area contributed by atoms with E-state index in [0.717, 1.165) is 39.0 Å². The van der Waals surface area contributed by atoms with Crippen LogP contribution in [0.4, 0.5) is 4.39 Å². The van der Waals surface area contributed by atoms with Gasteiger partial charge in [-0.25, -0.2) is 4.39 Å². The molecule has 0 spiro atoms. The van der Waals surface area contributed by atoms with Crippen molar-refractivity contribution in [2.24, 2.45) is 5.92 Å². The summed E-state index contributed by atoms with van der Waals surface area (Å²) in [7, 11) is 2.13. The number of halogens is 1. The number of carbonyl (C=O) groups is 1. The number of H-pyrrole nitrogens is 1. The number of aromatic amines is 1. The Labute approximate surface area is 147 Å². The van der Waals surface area contributed by atoms with Gasteiger partial charge in [-0.3, -0.25) is 9.89 Å². The van der Waals surface area contributed by atoms with Crippen molar-refractivity contribution in [3.05, 3.63) is 41.8 Å². The highest BCUT2D eigenvalue weighted by molar-refractivity contribution is 5.99. The highest BCUT2D eigenvalue weighted by Crippen LogP contribution is 2.27. The smallest absolute Gasteiger partial charge is 0.257 e. The van der Waals surface area contributed by atoms with Crippen LogP contribution in [0.3, 0.4) is 0 Å². The number of amides is 1. The maximum atomic E-state index is 14.1. The van der Waals surface area contributed by atoms with E-state index in [0.29, 0.717) is 22.7 Å². The summed E-state index contributed by atoms with van der Waals surface area (Å²) in [5.41, 5.74) is 1.27. The van der Waals surface area contributed by atoms with Gasteiger partial charge in [0.15, 0.2) is 0 Å². The fourth-order valence-electron chi connectivity index (χ4n) is 3.57. The second-order valence-corrected chi connectivity index (χ2v) is 6.81. The van der Waals surface area contributed by atoms with Gasteiger partial charge in [0, 0.05) is 25.2 Å². The molecule has 1 aromatic carbocycles. The maximum Gasteiger partial charge on any atom is 0.257 e. The van der Waals surface area contributed by atoms with E-state index in [1.54, 1.807) is 18.2 Å². The quantitative estimate of drug-likeness (QED) is 0.876. The molecule has 2 aromatic rings. The highest BCUT2D eigenvalue weighted by atomic mass is 19.1. The monoisotopic (exact) mass is 344 g/mol. The average Bonchev–Trinajstić information content (AvgIpc) is 3.24. The molecule has 1 aliphatic heterocycles. The molecule has 1 unspecified atom stereocenters. The van der Waals surface area contributed by atoms with Gasteiger partial charge in [-0.05, 0) is 44.5 Å². The fourth-order valence-corrected chi connectivity index (χ4v) is 3.57. The Morgan fingerprint density at radius 2 is 2.24 bits per heavy atom. The van der Waals surface area contributed by atoms with Crippen LogP contribution in [0.25, 0.3) is 11.3 Å². The van der Waals surface area contributed by atoms with Crippen molar-refractivity contribution in [2.45, 2.75) is 19.8 Å². The summed E-state index contributed by atoms with van der Waals surface area (Å²) in [4.78, 5) is 17.1. The lowest BCUT2D eigenvalue weighted by Crippen LogP contribution is -2.32. The predicted molar refractivity (Wildman–Crippen MR) is 95.8 cm³/mol. The normalized spacial score (nSPS) is 17.4. The number of hydrogen-bond acceptors (Lipinski definition) is 3. The van der Waals surface area contributed by atoms with Crippen LogP contribution < -0.4 is 0 Å². The van der Waals surface area contributed by atoms with Crippen molar-refractivity contribution in [2.75, 3.05) is 33.2 Å². The lowest BCUT2D eigenvalue weighted by atomic mass is 10.1. The van der Waals surface area contributed by atoms with Gasteiger partial charge in [0.05, 0.1) is 17.5 Å². The van der Waals surface area contributed by atoms with Gasteiger partial charge >= 0.3 is 0 Å². The number of hydrogen-bond donors (Lipinski definition) is 1. The first-order chi connectivity index (χ1) is 12.1. The highest BCUT2D eigenvalue weighted by Gasteiger charge is 2.30. The summed E-state index contributed by atoms with van der Waals surface area (Å²) >= 11 is 0. The van der Waals surface area contributed by atoms with Crippen LogP contribution in [0.1, 0.15) is 30.1 Å². The Kier molecular flexibility index (Phi) is 5.48. The van der Waals surface area contributed by atoms with Gasteiger partial charge in [-0.2, -0.15) is 5.10 Å². The van der Waals surface area contributed by atoms with Crippen LogP contribution in [0.5, 0.6) is 0 Å². The first kappa shape index (κ1) is 17.6. The standard InChI is InChI=1S/C19H25FN4O/c1-3-9-23(2)12-14-8-10-24(13-14)19(25)16-11-21-22-18(16)15-6-4-5-7-17(15)20/h4-7,11,14H,3,8-10,12-13H2,1-2H3,(H,21,22). The Hall–Kier alpha value is -2.21. The summed E-state index contributed by atoms with van der Waals surface area (Å²) < 4.78 is 14.1.